The highest BCUT2D eigenvalue weighted by molar-refractivity contribution is 6.30. The quantitative estimate of drug-likeness (QED) is 0.412. The Morgan fingerprint density at radius 2 is 1.47 bits per heavy atom. The molecule has 1 fully saturated rings. The van der Waals surface area contributed by atoms with Crippen molar-refractivity contribution in [3.8, 4) is 0 Å². The molecule has 0 spiro atoms. The molecule has 0 saturated carbocycles. The standard InChI is InChI=1S/C26H28ClN5O2/c27-20-6-8-22(9-7-20)30-26(34)31-24(18-19-4-2-1-3-5-19)25(33)29-21-10-12-23(13-11-21)32-16-14-28-15-17-32/h1-13,24,28H,14-18H2,(H,29,33)(H2,30,31,34)/t24-/m1/s1. The Morgan fingerprint density at radius 1 is 0.853 bits per heavy atom. The van der Waals surface area contributed by atoms with Crippen molar-refractivity contribution in [2.75, 3.05) is 41.7 Å². The predicted molar refractivity (Wildman–Crippen MR) is 138 cm³/mol. The number of rotatable bonds is 7. The van der Waals surface area contributed by atoms with Gasteiger partial charge in [0.1, 0.15) is 6.04 Å². The Morgan fingerprint density at radius 3 is 2.15 bits per heavy atom. The lowest BCUT2D eigenvalue weighted by molar-refractivity contribution is -0.117. The maximum absolute atomic E-state index is 13.1. The number of amides is 3. The van der Waals surface area contributed by atoms with Gasteiger partial charge in [0.2, 0.25) is 5.91 Å². The van der Waals surface area contributed by atoms with Gasteiger partial charge in [0.05, 0.1) is 0 Å². The van der Waals surface area contributed by atoms with E-state index in [2.05, 4.69) is 26.2 Å². The van der Waals surface area contributed by atoms with Crippen molar-refractivity contribution in [2.45, 2.75) is 12.5 Å². The molecule has 0 aromatic heterocycles. The smallest absolute Gasteiger partial charge is 0.319 e. The second kappa shape index (κ2) is 11.5. The van der Waals surface area contributed by atoms with Gasteiger partial charge < -0.3 is 26.2 Å². The molecule has 34 heavy (non-hydrogen) atoms. The van der Waals surface area contributed by atoms with Crippen LogP contribution < -0.4 is 26.2 Å². The Kier molecular flexibility index (Phi) is 8.01. The molecule has 7 nitrogen and oxygen atoms in total. The van der Waals surface area contributed by atoms with Crippen LogP contribution in [0.25, 0.3) is 0 Å². The van der Waals surface area contributed by atoms with E-state index in [1.165, 1.54) is 0 Å². The highest BCUT2D eigenvalue weighted by Gasteiger charge is 2.22. The lowest BCUT2D eigenvalue weighted by atomic mass is 10.1. The monoisotopic (exact) mass is 477 g/mol. The number of urea groups is 1. The molecular weight excluding hydrogens is 450 g/mol. The number of nitrogens with zero attached hydrogens (tertiary/aromatic N) is 1. The molecule has 1 aliphatic rings. The summed E-state index contributed by atoms with van der Waals surface area (Å²) in [7, 11) is 0. The summed E-state index contributed by atoms with van der Waals surface area (Å²) in [6, 6.07) is 23.0. The summed E-state index contributed by atoms with van der Waals surface area (Å²) in [6.45, 7) is 3.84. The van der Waals surface area contributed by atoms with E-state index in [-0.39, 0.29) is 5.91 Å². The average molecular weight is 478 g/mol. The van der Waals surface area contributed by atoms with Gasteiger partial charge in [0.25, 0.3) is 0 Å². The Labute approximate surface area is 204 Å². The fraction of sp³-hybridized carbons (Fsp3) is 0.231. The third-order valence-corrected chi connectivity index (χ3v) is 5.88. The van der Waals surface area contributed by atoms with Gasteiger partial charge in [0, 0.05) is 54.7 Å². The van der Waals surface area contributed by atoms with Crippen LogP contribution in [0.2, 0.25) is 5.02 Å². The van der Waals surface area contributed by atoms with Gasteiger partial charge in [-0.3, -0.25) is 4.79 Å². The molecule has 1 heterocycles. The topological polar surface area (TPSA) is 85.5 Å². The summed E-state index contributed by atoms with van der Waals surface area (Å²) in [5, 5.41) is 12.4. The van der Waals surface area contributed by atoms with E-state index in [0.29, 0.717) is 22.8 Å². The minimum absolute atomic E-state index is 0.287. The normalized spacial score (nSPS) is 14.2. The van der Waals surface area contributed by atoms with Crippen molar-refractivity contribution in [2.24, 2.45) is 0 Å². The number of piperazine rings is 1. The molecule has 3 aromatic carbocycles. The molecule has 0 unspecified atom stereocenters. The fourth-order valence-corrected chi connectivity index (χ4v) is 3.95. The third kappa shape index (κ3) is 6.73. The minimum Gasteiger partial charge on any atom is -0.369 e. The molecule has 0 aliphatic carbocycles. The zero-order chi connectivity index (χ0) is 23.8. The zero-order valence-electron chi connectivity index (χ0n) is 18.8. The van der Waals surface area contributed by atoms with E-state index in [4.69, 9.17) is 11.6 Å². The number of hydrogen-bond donors (Lipinski definition) is 4. The van der Waals surface area contributed by atoms with Crippen molar-refractivity contribution in [3.63, 3.8) is 0 Å². The first-order valence-electron chi connectivity index (χ1n) is 11.3. The van der Waals surface area contributed by atoms with Crippen LogP contribution in [-0.2, 0) is 11.2 Å². The van der Waals surface area contributed by atoms with Crippen molar-refractivity contribution in [3.05, 3.63) is 89.4 Å². The summed E-state index contributed by atoms with van der Waals surface area (Å²) in [5.74, 6) is -0.287. The van der Waals surface area contributed by atoms with Crippen LogP contribution in [0.15, 0.2) is 78.9 Å². The van der Waals surface area contributed by atoms with Gasteiger partial charge >= 0.3 is 6.03 Å². The minimum atomic E-state index is -0.762. The van der Waals surface area contributed by atoms with Crippen LogP contribution in [0.1, 0.15) is 5.56 Å². The first-order chi connectivity index (χ1) is 16.6. The number of anilines is 3. The first kappa shape index (κ1) is 23.6. The van der Waals surface area contributed by atoms with E-state index < -0.39 is 12.1 Å². The molecule has 1 aliphatic heterocycles. The molecular formula is C26H28ClN5O2. The third-order valence-electron chi connectivity index (χ3n) is 5.62. The first-order valence-corrected chi connectivity index (χ1v) is 11.7. The predicted octanol–water partition coefficient (Wildman–Crippen LogP) is 4.12. The lowest BCUT2D eigenvalue weighted by Crippen LogP contribution is -2.47. The van der Waals surface area contributed by atoms with E-state index in [1.54, 1.807) is 24.3 Å². The van der Waals surface area contributed by atoms with Crippen molar-refractivity contribution >= 4 is 40.6 Å². The molecule has 0 bridgehead atoms. The van der Waals surface area contributed by atoms with Crippen LogP contribution in [-0.4, -0.2) is 44.2 Å². The lowest BCUT2D eigenvalue weighted by Gasteiger charge is -2.29. The maximum atomic E-state index is 13.1. The number of nitrogens with one attached hydrogen (secondary N) is 4. The van der Waals surface area contributed by atoms with Gasteiger partial charge in [-0.1, -0.05) is 41.9 Å². The fourth-order valence-electron chi connectivity index (χ4n) is 3.83. The van der Waals surface area contributed by atoms with Crippen LogP contribution in [0.5, 0.6) is 0 Å². The summed E-state index contributed by atoms with van der Waals surface area (Å²) < 4.78 is 0. The second-order valence-electron chi connectivity index (χ2n) is 8.12. The molecule has 1 saturated heterocycles. The number of halogens is 1. The molecule has 4 rings (SSSR count). The van der Waals surface area contributed by atoms with Crippen molar-refractivity contribution in [1.82, 2.24) is 10.6 Å². The number of hydrogen-bond acceptors (Lipinski definition) is 4. The maximum Gasteiger partial charge on any atom is 0.319 e. The Hall–Kier alpha value is -3.55. The van der Waals surface area contributed by atoms with E-state index in [0.717, 1.165) is 37.4 Å². The number of benzene rings is 3. The van der Waals surface area contributed by atoms with Gasteiger partial charge in [-0.25, -0.2) is 4.79 Å². The van der Waals surface area contributed by atoms with Crippen LogP contribution in [0.4, 0.5) is 21.9 Å². The van der Waals surface area contributed by atoms with E-state index >= 15 is 0 Å². The summed E-state index contributed by atoms with van der Waals surface area (Å²) in [5.41, 5.74) is 3.34. The van der Waals surface area contributed by atoms with Gasteiger partial charge in [-0.15, -0.1) is 0 Å². The second-order valence-corrected chi connectivity index (χ2v) is 8.56. The highest BCUT2D eigenvalue weighted by atomic mass is 35.5. The SMILES string of the molecule is O=C(Nc1ccc(Cl)cc1)N[C@H](Cc1ccccc1)C(=O)Nc1ccc(N2CCNCC2)cc1. The summed E-state index contributed by atoms with van der Waals surface area (Å²) in [4.78, 5) is 28.1. The van der Waals surface area contributed by atoms with E-state index in [9.17, 15) is 9.59 Å². The molecule has 3 amide bonds. The van der Waals surface area contributed by atoms with Crippen LogP contribution in [0.3, 0.4) is 0 Å². The van der Waals surface area contributed by atoms with E-state index in [1.807, 2.05) is 54.6 Å². The summed E-state index contributed by atoms with van der Waals surface area (Å²) >= 11 is 5.91. The average Bonchev–Trinajstić information content (AvgIpc) is 2.87. The number of carbonyl (C=O) groups is 2. The number of carbonyl (C=O) groups excluding carboxylic acids is 2. The van der Waals surface area contributed by atoms with Crippen LogP contribution in [0, 0.1) is 0 Å². The molecule has 8 heteroatoms. The Balaban J connectivity index is 1.42. The molecule has 0 radical (unpaired) electrons. The van der Waals surface area contributed by atoms with Gasteiger partial charge in [-0.2, -0.15) is 0 Å². The molecule has 176 valence electrons. The van der Waals surface area contributed by atoms with Gasteiger partial charge in [-0.05, 0) is 54.1 Å². The largest absolute Gasteiger partial charge is 0.369 e. The van der Waals surface area contributed by atoms with Crippen molar-refractivity contribution < 1.29 is 9.59 Å². The zero-order valence-corrected chi connectivity index (χ0v) is 19.5. The summed E-state index contributed by atoms with van der Waals surface area (Å²) in [6.07, 6.45) is 0.361. The molecule has 1 atom stereocenters. The molecule has 4 N–H and O–H groups in total. The van der Waals surface area contributed by atoms with Crippen molar-refractivity contribution in [1.29, 1.82) is 0 Å². The van der Waals surface area contributed by atoms with Crippen LogP contribution >= 0.6 is 11.6 Å². The molecule has 3 aromatic rings. The highest BCUT2D eigenvalue weighted by Crippen LogP contribution is 2.19. The van der Waals surface area contributed by atoms with Gasteiger partial charge in [0.15, 0.2) is 0 Å². The Bertz CT molecular complexity index is 1080.